The number of hydrogen-bond acceptors (Lipinski definition) is 3. The second-order valence-corrected chi connectivity index (χ2v) is 16.3. The van der Waals surface area contributed by atoms with Crippen LogP contribution in [0, 0.1) is 0 Å². The van der Waals surface area contributed by atoms with E-state index in [1.165, 1.54) is 64.0 Å². The number of nitrogens with zero attached hydrogens (tertiary/aromatic N) is 1. The lowest BCUT2D eigenvalue weighted by atomic mass is 9.96. The van der Waals surface area contributed by atoms with Crippen molar-refractivity contribution in [2.75, 3.05) is 4.90 Å². The fourth-order valence-electron chi connectivity index (χ4n) is 9.14. The highest BCUT2D eigenvalue weighted by molar-refractivity contribution is 7.25. The van der Waals surface area contributed by atoms with E-state index in [1.54, 1.807) is 0 Å². The van der Waals surface area contributed by atoms with Crippen LogP contribution in [0.15, 0.2) is 217 Å². The zero-order chi connectivity index (χ0) is 38.9. The average molecular weight is 770 g/mol. The van der Waals surface area contributed by atoms with Gasteiger partial charge >= 0.3 is 0 Å². The average Bonchev–Trinajstić information content (AvgIpc) is 3.89. The summed E-state index contributed by atoms with van der Waals surface area (Å²) >= 11 is 1.86. The van der Waals surface area contributed by atoms with Gasteiger partial charge in [-0.15, -0.1) is 11.3 Å². The molecule has 0 aliphatic carbocycles. The van der Waals surface area contributed by atoms with Gasteiger partial charge in [0.15, 0.2) is 0 Å². The number of anilines is 3. The Balaban J connectivity index is 1.10. The van der Waals surface area contributed by atoms with Crippen LogP contribution in [0.25, 0.3) is 97.0 Å². The van der Waals surface area contributed by atoms with E-state index in [0.29, 0.717) is 0 Å². The predicted octanol–water partition coefficient (Wildman–Crippen LogP) is 16.7. The SMILES string of the molecule is c1ccc(-c2ccc(-c3ccc(N(c4ccc(-c5cccc6sc7ccccc7c56)cc4)c4cccc5ccc6ccccc6c45)c4c3oc3ccccc34)cc2)cc1. The summed E-state index contributed by atoms with van der Waals surface area (Å²) < 4.78 is 9.51. The molecule has 0 saturated carbocycles. The van der Waals surface area contributed by atoms with Crippen LogP contribution in [0.2, 0.25) is 0 Å². The summed E-state index contributed by atoms with van der Waals surface area (Å²) in [7, 11) is 0. The van der Waals surface area contributed by atoms with Crippen molar-refractivity contribution in [1.29, 1.82) is 0 Å². The van der Waals surface area contributed by atoms with E-state index in [-0.39, 0.29) is 0 Å². The van der Waals surface area contributed by atoms with Gasteiger partial charge in [0.1, 0.15) is 11.2 Å². The lowest BCUT2D eigenvalue weighted by Gasteiger charge is -2.28. The van der Waals surface area contributed by atoms with Crippen LogP contribution >= 0.6 is 11.3 Å². The molecule has 0 unspecified atom stereocenters. The van der Waals surface area contributed by atoms with Gasteiger partial charge < -0.3 is 9.32 Å². The molecule has 0 saturated heterocycles. The highest BCUT2D eigenvalue weighted by Crippen LogP contribution is 2.49. The van der Waals surface area contributed by atoms with Crippen molar-refractivity contribution in [2.24, 2.45) is 0 Å². The molecule has 0 fully saturated rings. The van der Waals surface area contributed by atoms with Crippen LogP contribution < -0.4 is 4.90 Å². The van der Waals surface area contributed by atoms with Crippen LogP contribution in [-0.2, 0) is 0 Å². The predicted molar refractivity (Wildman–Crippen MR) is 253 cm³/mol. The Bertz CT molecular complexity index is 3540. The Morgan fingerprint density at radius 3 is 1.81 bits per heavy atom. The monoisotopic (exact) mass is 769 g/mol. The molecule has 12 aromatic rings. The Morgan fingerprint density at radius 2 is 0.949 bits per heavy atom. The Kier molecular flexibility index (Phi) is 7.75. The molecule has 0 aliphatic heterocycles. The van der Waals surface area contributed by atoms with E-state index >= 15 is 0 Å². The fraction of sp³-hybridized carbons (Fsp3) is 0. The summed E-state index contributed by atoms with van der Waals surface area (Å²) in [6.45, 7) is 0. The van der Waals surface area contributed by atoms with Crippen molar-refractivity contribution in [3.63, 3.8) is 0 Å². The van der Waals surface area contributed by atoms with Gasteiger partial charge in [-0.1, -0.05) is 164 Å². The normalized spacial score (nSPS) is 11.7. The molecule has 2 heterocycles. The van der Waals surface area contributed by atoms with Gasteiger partial charge in [-0.3, -0.25) is 0 Å². The van der Waals surface area contributed by atoms with Crippen molar-refractivity contribution in [3.8, 4) is 33.4 Å². The first-order valence-corrected chi connectivity index (χ1v) is 20.9. The molecule has 3 heteroatoms. The topological polar surface area (TPSA) is 16.4 Å². The summed E-state index contributed by atoms with van der Waals surface area (Å²) in [5.41, 5.74) is 12.0. The molecule has 10 aromatic carbocycles. The van der Waals surface area contributed by atoms with E-state index in [9.17, 15) is 0 Å². The number of benzene rings is 10. The Hall–Kier alpha value is -7.46. The van der Waals surface area contributed by atoms with Crippen LogP contribution in [0.3, 0.4) is 0 Å². The molecule has 276 valence electrons. The Morgan fingerprint density at radius 1 is 0.339 bits per heavy atom. The van der Waals surface area contributed by atoms with E-state index < -0.39 is 0 Å². The molecule has 59 heavy (non-hydrogen) atoms. The summed E-state index contributed by atoms with van der Waals surface area (Å²) in [5, 5.41) is 9.64. The van der Waals surface area contributed by atoms with Gasteiger partial charge in [0, 0.05) is 42.2 Å². The van der Waals surface area contributed by atoms with Crippen molar-refractivity contribution < 1.29 is 4.42 Å². The zero-order valence-corrected chi connectivity index (χ0v) is 32.8. The number of fused-ring (bicyclic) bond motifs is 9. The van der Waals surface area contributed by atoms with Crippen molar-refractivity contribution in [2.45, 2.75) is 0 Å². The van der Waals surface area contributed by atoms with E-state index in [4.69, 9.17) is 4.42 Å². The molecule has 0 spiro atoms. The van der Waals surface area contributed by atoms with Gasteiger partial charge in [0.25, 0.3) is 0 Å². The van der Waals surface area contributed by atoms with E-state index in [2.05, 4.69) is 217 Å². The molecule has 0 aliphatic rings. The van der Waals surface area contributed by atoms with Gasteiger partial charge in [0.05, 0.1) is 16.8 Å². The fourth-order valence-corrected chi connectivity index (χ4v) is 10.3. The summed E-state index contributed by atoms with van der Waals surface area (Å²) in [6.07, 6.45) is 0. The van der Waals surface area contributed by atoms with Crippen molar-refractivity contribution >= 4 is 92.1 Å². The van der Waals surface area contributed by atoms with Gasteiger partial charge in [-0.25, -0.2) is 0 Å². The first-order chi connectivity index (χ1) is 29.3. The van der Waals surface area contributed by atoms with Gasteiger partial charge in [-0.2, -0.15) is 0 Å². The number of para-hydroxylation sites is 1. The van der Waals surface area contributed by atoms with Gasteiger partial charge in [0.2, 0.25) is 0 Å². The number of thiophene rings is 1. The summed E-state index contributed by atoms with van der Waals surface area (Å²) in [4.78, 5) is 2.45. The summed E-state index contributed by atoms with van der Waals surface area (Å²) in [5.74, 6) is 0. The van der Waals surface area contributed by atoms with Crippen LogP contribution in [0.1, 0.15) is 0 Å². The van der Waals surface area contributed by atoms with Crippen LogP contribution in [-0.4, -0.2) is 0 Å². The van der Waals surface area contributed by atoms with E-state index in [1.807, 2.05) is 11.3 Å². The zero-order valence-electron chi connectivity index (χ0n) is 32.0. The molecule has 2 aromatic heterocycles. The highest BCUT2D eigenvalue weighted by Gasteiger charge is 2.24. The maximum absolute atomic E-state index is 6.89. The highest BCUT2D eigenvalue weighted by atomic mass is 32.1. The molecular weight excluding hydrogens is 735 g/mol. The molecule has 2 nitrogen and oxygen atoms in total. The Labute approximate surface area is 345 Å². The van der Waals surface area contributed by atoms with Crippen LogP contribution in [0.5, 0.6) is 0 Å². The number of furan rings is 1. The third-order valence-corrected chi connectivity index (χ3v) is 13.0. The van der Waals surface area contributed by atoms with Crippen LogP contribution in [0.4, 0.5) is 17.1 Å². The molecule has 12 rings (SSSR count). The summed E-state index contributed by atoms with van der Waals surface area (Å²) in [6, 6.07) is 76.9. The maximum Gasteiger partial charge on any atom is 0.145 e. The van der Waals surface area contributed by atoms with Gasteiger partial charge in [-0.05, 0) is 92.5 Å². The largest absolute Gasteiger partial charge is 0.455 e. The standard InChI is InChI=1S/C56H35NOS/c1-2-12-36(13-3-1)37-24-26-40(27-25-37)45-34-35-49(55-46-17-6-8-21-50(46)58-56(45)55)57(48-20-10-15-41-29-28-38-14-4-5-16-43(38)53(41)48)42-32-30-39(31-33-42)44-19-11-23-52-54(44)47-18-7-9-22-51(47)59-52/h1-35H. The third-order valence-electron chi connectivity index (χ3n) is 11.9. The minimum atomic E-state index is 0.867. The number of rotatable bonds is 6. The lowest BCUT2D eigenvalue weighted by Crippen LogP contribution is -2.11. The second kappa shape index (κ2) is 13.6. The second-order valence-electron chi connectivity index (χ2n) is 15.2. The molecule has 0 amide bonds. The lowest BCUT2D eigenvalue weighted by molar-refractivity contribution is 0.670. The first-order valence-electron chi connectivity index (χ1n) is 20.1. The quantitative estimate of drug-likeness (QED) is 0.157. The first kappa shape index (κ1) is 33.7. The van der Waals surface area contributed by atoms with E-state index in [0.717, 1.165) is 50.1 Å². The molecule has 0 bridgehead atoms. The van der Waals surface area contributed by atoms with Crippen molar-refractivity contribution in [1.82, 2.24) is 0 Å². The minimum absolute atomic E-state index is 0.867. The minimum Gasteiger partial charge on any atom is -0.455 e. The number of hydrogen-bond donors (Lipinski definition) is 0. The molecule has 0 atom stereocenters. The smallest absolute Gasteiger partial charge is 0.145 e. The van der Waals surface area contributed by atoms with Crippen molar-refractivity contribution in [3.05, 3.63) is 212 Å². The maximum atomic E-state index is 6.89. The molecule has 0 N–H and O–H groups in total. The molecule has 0 radical (unpaired) electrons. The third kappa shape index (κ3) is 5.47. The molecular formula is C56H35NOS.